The van der Waals surface area contributed by atoms with Crippen molar-refractivity contribution in [3.63, 3.8) is 0 Å². The Balaban J connectivity index is 1.84. The summed E-state index contributed by atoms with van der Waals surface area (Å²) < 4.78 is 0. The van der Waals surface area contributed by atoms with Crippen LogP contribution < -0.4 is 0 Å². The van der Waals surface area contributed by atoms with Crippen molar-refractivity contribution in [2.45, 2.75) is 71.8 Å². The molecule has 1 aromatic rings. The van der Waals surface area contributed by atoms with Crippen molar-refractivity contribution in [2.24, 2.45) is 17.8 Å². The molecule has 6 nitrogen and oxygen atoms in total. The summed E-state index contributed by atoms with van der Waals surface area (Å²) in [5.74, 6) is -1.61. The van der Waals surface area contributed by atoms with Gasteiger partial charge in [-0.05, 0) is 61.8 Å². The van der Waals surface area contributed by atoms with Crippen molar-refractivity contribution in [1.29, 1.82) is 0 Å². The number of rotatable bonds is 11. The highest BCUT2D eigenvalue weighted by atomic mass is 16.3. The van der Waals surface area contributed by atoms with E-state index in [0.29, 0.717) is 32.2 Å². The number of carbonyl (C=O) groups is 2. The summed E-state index contributed by atoms with van der Waals surface area (Å²) in [6, 6.07) is 7.03. The molecule has 2 amide bonds. The number of aromatic hydroxyl groups is 1. The van der Waals surface area contributed by atoms with Crippen molar-refractivity contribution in [3.05, 3.63) is 46.5 Å². The Labute approximate surface area is 203 Å². The van der Waals surface area contributed by atoms with E-state index in [2.05, 4.69) is 19.9 Å². The van der Waals surface area contributed by atoms with Crippen molar-refractivity contribution in [3.8, 4) is 5.75 Å². The molecule has 1 fully saturated rings. The van der Waals surface area contributed by atoms with Gasteiger partial charge in [0.2, 0.25) is 11.8 Å². The van der Waals surface area contributed by atoms with Gasteiger partial charge >= 0.3 is 0 Å². The normalized spacial score (nSPS) is 24.1. The first-order chi connectivity index (χ1) is 16.4. The molecule has 186 valence electrons. The van der Waals surface area contributed by atoms with Gasteiger partial charge in [0.15, 0.2) is 0 Å². The van der Waals surface area contributed by atoms with Gasteiger partial charge in [-0.1, -0.05) is 56.5 Å². The maximum Gasteiger partial charge on any atom is 0.233 e. The molecule has 0 aromatic heterocycles. The first kappa shape index (κ1) is 26.2. The summed E-state index contributed by atoms with van der Waals surface area (Å²) in [4.78, 5) is 27.5. The molecule has 0 saturated carbocycles. The lowest BCUT2D eigenvalue weighted by Gasteiger charge is -2.36. The Morgan fingerprint density at radius 3 is 2.41 bits per heavy atom. The zero-order chi connectivity index (χ0) is 24.8. The number of amides is 2. The fourth-order valence-corrected chi connectivity index (χ4v) is 5.64. The summed E-state index contributed by atoms with van der Waals surface area (Å²) in [5, 5.41) is 31.2. The van der Waals surface area contributed by atoms with Gasteiger partial charge in [0, 0.05) is 12.5 Å². The largest absolute Gasteiger partial charge is 0.508 e. The average Bonchev–Trinajstić information content (AvgIpc) is 3.07. The predicted molar refractivity (Wildman–Crippen MR) is 133 cm³/mol. The summed E-state index contributed by atoms with van der Waals surface area (Å²) in [6.07, 6.45) is 6.16. The van der Waals surface area contributed by atoms with E-state index in [0.717, 1.165) is 36.0 Å². The van der Waals surface area contributed by atoms with Crippen LogP contribution >= 0.6 is 0 Å². The number of fused-ring (bicyclic) bond motifs is 1. The molecule has 4 atom stereocenters. The van der Waals surface area contributed by atoms with Gasteiger partial charge < -0.3 is 15.3 Å². The first-order valence-corrected chi connectivity index (χ1v) is 12.7. The number of hydrogen-bond acceptors (Lipinski definition) is 5. The molecule has 2 aliphatic rings. The van der Waals surface area contributed by atoms with Crippen LogP contribution in [-0.2, 0) is 9.59 Å². The zero-order valence-electron chi connectivity index (χ0n) is 20.7. The van der Waals surface area contributed by atoms with Crippen LogP contribution in [-0.4, -0.2) is 51.3 Å². The number of nitrogens with zero attached hydrogens (tertiary/aromatic N) is 1. The van der Waals surface area contributed by atoms with Crippen molar-refractivity contribution >= 4 is 17.9 Å². The number of hydrogen-bond donors (Lipinski definition) is 3. The SMILES string of the molecule is CCCC1=C([C@H](O)CC/C(=C/c2ccc(O)cc2)CC)[C@H](CO)[C@@H]2C(=O)N(CCC)C(=O)[C@@H]2C1. The number of allylic oxidation sites excluding steroid dienone is 2. The second-order valence-corrected chi connectivity index (χ2v) is 9.56. The predicted octanol–water partition coefficient (Wildman–Crippen LogP) is 4.45. The van der Waals surface area contributed by atoms with Crippen LogP contribution in [0.15, 0.2) is 41.0 Å². The zero-order valence-corrected chi connectivity index (χ0v) is 20.7. The second-order valence-electron chi connectivity index (χ2n) is 9.56. The van der Waals surface area contributed by atoms with E-state index in [1.165, 1.54) is 10.5 Å². The summed E-state index contributed by atoms with van der Waals surface area (Å²) >= 11 is 0. The number of benzene rings is 1. The van der Waals surface area contributed by atoms with Gasteiger partial charge in [0.25, 0.3) is 0 Å². The molecule has 34 heavy (non-hydrogen) atoms. The number of aliphatic hydroxyl groups is 2. The fraction of sp³-hybridized carbons (Fsp3) is 0.571. The smallest absolute Gasteiger partial charge is 0.233 e. The maximum atomic E-state index is 13.1. The molecule has 1 aliphatic carbocycles. The number of imide groups is 1. The Bertz CT molecular complexity index is 933. The van der Waals surface area contributed by atoms with Crippen LogP contribution in [0.5, 0.6) is 5.75 Å². The number of carbonyl (C=O) groups excluding carboxylic acids is 2. The minimum absolute atomic E-state index is 0.123. The van der Waals surface area contributed by atoms with Crippen molar-refractivity contribution < 1.29 is 24.9 Å². The molecule has 1 saturated heterocycles. The van der Waals surface area contributed by atoms with E-state index in [1.54, 1.807) is 12.1 Å². The third-order valence-corrected chi connectivity index (χ3v) is 7.29. The summed E-state index contributed by atoms with van der Waals surface area (Å²) in [5.41, 5.74) is 3.99. The first-order valence-electron chi connectivity index (χ1n) is 12.7. The highest BCUT2D eigenvalue weighted by Crippen LogP contribution is 2.47. The van der Waals surface area contributed by atoms with Crippen LogP contribution in [0.1, 0.15) is 71.3 Å². The van der Waals surface area contributed by atoms with E-state index in [9.17, 15) is 24.9 Å². The van der Waals surface area contributed by atoms with Crippen molar-refractivity contribution in [2.75, 3.05) is 13.2 Å². The second kappa shape index (κ2) is 11.8. The van der Waals surface area contributed by atoms with Gasteiger partial charge in [-0.15, -0.1) is 0 Å². The molecule has 3 N–H and O–H groups in total. The third kappa shape index (κ3) is 5.44. The molecule has 3 rings (SSSR count). The Morgan fingerprint density at radius 2 is 1.82 bits per heavy atom. The molecular formula is C28H39NO5. The molecule has 0 bridgehead atoms. The van der Waals surface area contributed by atoms with Gasteiger partial charge in [-0.25, -0.2) is 0 Å². The third-order valence-electron chi connectivity index (χ3n) is 7.29. The highest BCUT2D eigenvalue weighted by Gasteiger charge is 2.54. The lowest BCUT2D eigenvalue weighted by atomic mass is 9.67. The number of phenols is 1. The molecule has 0 unspecified atom stereocenters. The van der Waals surface area contributed by atoms with Crippen LogP contribution in [0.2, 0.25) is 0 Å². The number of phenolic OH excluding ortho intramolecular Hbond substituents is 1. The molecule has 1 aromatic carbocycles. The van der Waals surface area contributed by atoms with Gasteiger partial charge in [0.1, 0.15) is 5.75 Å². The Hall–Kier alpha value is -2.44. The Morgan fingerprint density at radius 1 is 1.12 bits per heavy atom. The molecule has 0 radical (unpaired) electrons. The summed E-state index contributed by atoms with van der Waals surface area (Å²) in [6.45, 7) is 6.25. The van der Waals surface area contributed by atoms with E-state index in [4.69, 9.17) is 0 Å². The van der Waals surface area contributed by atoms with Crippen LogP contribution in [0.4, 0.5) is 0 Å². The van der Waals surface area contributed by atoms with E-state index >= 15 is 0 Å². The lowest BCUT2D eigenvalue weighted by Crippen LogP contribution is -2.39. The van der Waals surface area contributed by atoms with Gasteiger partial charge in [0.05, 0.1) is 24.5 Å². The quantitative estimate of drug-likeness (QED) is 0.329. The topological polar surface area (TPSA) is 98.1 Å². The van der Waals surface area contributed by atoms with E-state index in [-0.39, 0.29) is 24.2 Å². The fourth-order valence-electron chi connectivity index (χ4n) is 5.64. The maximum absolute atomic E-state index is 13.1. The lowest BCUT2D eigenvalue weighted by molar-refractivity contribution is -0.140. The van der Waals surface area contributed by atoms with E-state index in [1.807, 2.05) is 19.1 Å². The van der Waals surface area contributed by atoms with Crippen LogP contribution in [0.3, 0.4) is 0 Å². The van der Waals surface area contributed by atoms with Crippen molar-refractivity contribution in [1.82, 2.24) is 4.90 Å². The number of likely N-dealkylation sites (tertiary alicyclic amines) is 1. The summed E-state index contributed by atoms with van der Waals surface area (Å²) in [7, 11) is 0. The average molecular weight is 470 g/mol. The number of aliphatic hydroxyl groups excluding tert-OH is 2. The van der Waals surface area contributed by atoms with Crippen LogP contribution in [0.25, 0.3) is 6.08 Å². The molecule has 1 aliphatic heterocycles. The minimum atomic E-state index is -0.766. The van der Waals surface area contributed by atoms with Gasteiger partial charge in [-0.3, -0.25) is 14.5 Å². The molecule has 0 spiro atoms. The van der Waals surface area contributed by atoms with Gasteiger partial charge in [-0.2, -0.15) is 0 Å². The molecule has 6 heteroatoms. The molecule has 1 heterocycles. The standard InChI is InChI=1S/C28H39NO5/c1-4-7-20-16-22-26(28(34)29(14-5-2)27(22)33)23(17-30)25(20)24(32)13-10-18(6-3)15-19-8-11-21(31)12-9-19/h8-9,11-12,15,22-24,26,30-32H,4-7,10,13-14,16-17H2,1-3H3/b18-15+/t22-,23+,24-,26-/m1/s1. The minimum Gasteiger partial charge on any atom is -0.508 e. The monoisotopic (exact) mass is 469 g/mol. The van der Waals surface area contributed by atoms with Crippen LogP contribution in [0, 0.1) is 17.8 Å². The Kier molecular flexibility index (Phi) is 9.09. The highest BCUT2D eigenvalue weighted by molar-refractivity contribution is 6.05. The molecular weight excluding hydrogens is 430 g/mol. The van der Waals surface area contributed by atoms with E-state index < -0.39 is 23.9 Å².